The highest BCUT2D eigenvalue weighted by Gasteiger charge is 2.34. The summed E-state index contributed by atoms with van der Waals surface area (Å²) in [5.74, 6) is 0.131. The van der Waals surface area contributed by atoms with Gasteiger partial charge >= 0.3 is 12.1 Å². The van der Waals surface area contributed by atoms with Crippen LogP contribution < -0.4 is 10.2 Å². The molecule has 33 heavy (non-hydrogen) atoms. The smallest absolute Gasteiger partial charge is 0.417 e. The molecule has 1 aliphatic heterocycles. The molecule has 4 rings (SSSR count). The number of alkyl halides is 3. The van der Waals surface area contributed by atoms with Crippen molar-refractivity contribution < 1.29 is 22.7 Å². The molecule has 9 nitrogen and oxygen atoms in total. The minimum Gasteiger partial charge on any atom is -0.465 e. The molecule has 0 atom stereocenters. The van der Waals surface area contributed by atoms with Crippen LogP contribution in [0.1, 0.15) is 32.7 Å². The molecule has 0 saturated heterocycles. The van der Waals surface area contributed by atoms with Gasteiger partial charge in [-0.1, -0.05) is 0 Å². The van der Waals surface area contributed by atoms with Crippen molar-refractivity contribution in [3.8, 4) is 6.07 Å². The molecule has 0 unspecified atom stereocenters. The molecular weight excluding hydrogens is 439 g/mol. The van der Waals surface area contributed by atoms with Gasteiger partial charge in [-0.2, -0.15) is 18.4 Å². The van der Waals surface area contributed by atoms with E-state index in [0.29, 0.717) is 30.2 Å². The SMILES string of the molecule is COC(=O)c1cnc(Nc2ncnc3c2CCN(c2ccc(C#N)c(C(F)(F)F)c2)C3)nc1. The summed E-state index contributed by atoms with van der Waals surface area (Å²) in [5.41, 5.74) is 0.592. The molecule has 0 fully saturated rings. The topological polar surface area (TPSA) is 117 Å². The van der Waals surface area contributed by atoms with Crippen LogP contribution in [-0.4, -0.2) is 39.6 Å². The van der Waals surface area contributed by atoms with Crippen LogP contribution in [0.2, 0.25) is 0 Å². The zero-order valence-corrected chi connectivity index (χ0v) is 17.2. The van der Waals surface area contributed by atoms with E-state index in [-0.39, 0.29) is 18.1 Å². The Morgan fingerprint density at radius 3 is 2.64 bits per heavy atom. The Kier molecular flexibility index (Phi) is 5.78. The Balaban J connectivity index is 1.56. The predicted octanol–water partition coefficient (Wildman–Crippen LogP) is 3.25. The van der Waals surface area contributed by atoms with Gasteiger partial charge in [-0.25, -0.2) is 24.7 Å². The van der Waals surface area contributed by atoms with Crippen molar-refractivity contribution in [3.05, 3.63) is 64.9 Å². The van der Waals surface area contributed by atoms with Crippen molar-refractivity contribution in [3.63, 3.8) is 0 Å². The lowest BCUT2D eigenvalue weighted by molar-refractivity contribution is -0.137. The second kappa shape index (κ2) is 8.70. The number of hydrogen-bond donors (Lipinski definition) is 1. The number of rotatable bonds is 4. The predicted molar refractivity (Wildman–Crippen MR) is 110 cm³/mol. The molecular formula is C21H16F3N7O2. The highest BCUT2D eigenvalue weighted by molar-refractivity contribution is 5.88. The van der Waals surface area contributed by atoms with Crippen molar-refractivity contribution in [1.29, 1.82) is 5.26 Å². The first-order chi connectivity index (χ1) is 15.8. The molecule has 0 bridgehead atoms. The molecule has 0 saturated carbocycles. The molecule has 12 heteroatoms. The largest absolute Gasteiger partial charge is 0.465 e. The number of halogens is 3. The maximum absolute atomic E-state index is 13.3. The number of nitrogens with zero attached hydrogens (tertiary/aromatic N) is 6. The van der Waals surface area contributed by atoms with E-state index < -0.39 is 23.3 Å². The molecule has 0 aliphatic carbocycles. The lowest BCUT2D eigenvalue weighted by Gasteiger charge is -2.31. The fourth-order valence-corrected chi connectivity index (χ4v) is 3.47. The maximum atomic E-state index is 13.3. The van der Waals surface area contributed by atoms with Gasteiger partial charge in [0, 0.05) is 30.2 Å². The Morgan fingerprint density at radius 1 is 1.21 bits per heavy atom. The Morgan fingerprint density at radius 2 is 1.97 bits per heavy atom. The standard InChI is InChI=1S/C21H16F3N7O2/c1-33-19(32)13-8-26-20(27-9-13)30-18-15-4-5-31(10-17(15)28-11-29-18)14-3-2-12(7-25)16(6-14)21(22,23)24/h2-3,6,8-9,11H,4-5,10H2,1H3,(H,26,27,28,29,30). The second-order valence-electron chi connectivity index (χ2n) is 7.07. The van der Waals surface area contributed by atoms with Crippen molar-refractivity contribution in [2.45, 2.75) is 19.1 Å². The van der Waals surface area contributed by atoms with Gasteiger partial charge in [0.15, 0.2) is 0 Å². The van der Waals surface area contributed by atoms with Crippen molar-refractivity contribution in [1.82, 2.24) is 19.9 Å². The van der Waals surface area contributed by atoms with Gasteiger partial charge < -0.3 is 15.0 Å². The first-order valence-corrected chi connectivity index (χ1v) is 9.66. The van der Waals surface area contributed by atoms with Crippen molar-refractivity contribution in [2.24, 2.45) is 0 Å². The van der Waals surface area contributed by atoms with Crippen molar-refractivity contribution >= 4 is 23.4 Å². The summed E-state index contributed by atoms with van der Waals surface area (Å²) >= 11 is 0. The van der Waals surface area contributed by atoms with E-state index in [0.717, 1.165) is 11.6 Å². The average Bonchev–Trinajstić information content (AvgIpc) is 2.83. The van der Waals surface area contributed by atoms with Gasteiger partial charge in [0.2, 0.25) is 5.95 Å². The molecule has 168 valence electrons. The minimum atomic E-state index is -4.63. The highest BCUT2D eigenvalue weighted by atomic mass is 19.4. The number of hydrogen-bond acceptors (Lipinski definition) is 9. The van der Waals surface area contributed by atoms with Crippen LogP contribution in [-0.2, 0) is 23.9 Å². The van der Waals surface area contributed by atoms with Gasteiger partial charge in [0.1, 0.15) is 12.1 Å². The molecule has 3 aromatic rings. The number of esters is 1. The fourth-order valence-electron chi connectivity index (χ4n) is 3.47. The van der Waals surface area contributed by atoms with Crippen LogP contribution in [0.3, 0.4) is 0 Å². The van der Waals surface area contributed by atoms with Gasteiger partial charge in [0.05, 0.1) is 42.1 Å². The number of ether oxygens (including phenoxy) is 1. The van der Waals surface area contributed by atoms with E-state index in [9.17, 15) is 18.0 Å². The van der Waals surface area contributed by atoms with Crippen molar-refractivity contribution in [2.75, 3.05) is 23.9 Å². The van der Waals surface area contributed by atoms with E-state index in [1.54, 1.807) is 11.0 Å². The number of nitrogens with one attached hydrogen (secondary N) is 1. The summed E-state index contributed by atoms with van der Waals surface area (Å²) in [6, 6.07) is 5.25. The third-order valence-electron chi connectivity index (χ3n) is 5.10. The summed E-state index contributed by atoms with van der Waals surface area (Å²) in [6.07, 6.45) is -0.190. The monoisotopic (exact) mass is 455 g/mol. The molecule has 1 N–H and O–H groups in total. The number of anilines is 3. The summed E-state index contributed by atoms with van der Waals surface area (Å²) in [4.78, 5) is 29.9. The van der Waals surface area contributed by atoms with E-state index in [1.807, 2.05) is 0 Å². The highest BCUT2D eigenvalue weighted by Crippen LogP contribution is 2.36. The minimum absolute atomic E-state index is 0.198. The molecule has 3 heterocycles. The number of carbonyl (C=O) groups is 1. The normalized spacial score (nSPS) is 13.1. The molecule has 1 aliphatic rings. The maximum Gasteiger partial charge on any atom is 0.417 e. The van der Waals surface area contributed by atoms with Crippen LogP contribution in [0.4, 0.5) is 30.6 Å². The van der Waals surface area contributed by atoms with Gasteiger partial charge in [0.25, 0.3) is 0 Å². The number of fused-ring (bicyclic) bond motifs is 1. The number of carbonyl (C=O) groups excluding carboxylic acids is 1. The summed E-state index contributed by atoms with van der Waals surface area (Å²) in [6.45, 7) is 0.679. The third-order valence-corrected chi connectivity index (χ3v) is 5.10. The molecule has 0 spiro atoms. The molecule has 1 aromatic carbocycles. The van der Waals surface area contributed by atoms with Gasteiger partial charge in [-0.3, -0.25) is 0 Å². The summed E-state index contributed by atoms with van der Waals surface area (Å²) in [7, 11) is 1.26. The van der Waals surface area contributed by atoms with Crippen LogP contribution in [0.25, 0.3) is 0 Å². The fraction of sp³-hybridized carbons (Fsp3) is 0.238. The van der Waals surface area contributed by atoms with Gasteiger partial charge in [-0.15, -0.1) is 0 Å². The molecule has 0 radical (unpaired) electrons. The van der Waals surface area contributed by atoms with Crippen LogP contribution in [0.15, 0.2) is 36.9 Å². The first kappa shape index (κ1) is 21.9. The van der Waals surface area contributed by atoms with Gasteiger partial charge in [-0.05, 0) is 24.6 Å². The third kappa shape index (κ3) is 4.52. The number of nitriles is 1. The Bertz CT molecular complexity index is 1240. The quantitative estimate of drug-likeness (QED) is 0.592. The van der Waals surface area contributed by atoms with E-state index in [2.05, 4.69) is 30.0 Å². The molecule has 2 aromatic heterocycles. The summed E-state index contributed by atoms with van der Waals surface area (Å²) in [5, 5.41) is 12.0. The van der Waals surface area contributed by atoms with Crippen LogP contribution in [0, 0.1) is 11.3 Å². The first-order valence-electron chi connectivity index (χ1n) is 9.66. The number of aromatic nitrogens is 4. The van der Waals surface area contributed by atoms with Crippen LogP contribution in [0.5, 0.6) is 0 Å². The number of benzene rings is 1. The van der Waals surface area contributed by atoms with Crippen LogP contribution >= 0.6 is 0 Å². The second-order valence-corrected chi connectivity index (χ2v) is 7.07. The van der Waals surface area contributed by atoms with E-state index in [1.165, 1.54) is 38.0 Å². The lowest BCUT2D eigenvalue weighted by Crippen LogP contribution is -2.32. The summed E-state index contributed by atoms with van der Waals surface area (Å²) < 4.78 is 44.6. The zero-order valence-electron chi connectivity index (χ0n) is 17.2. The Labute approximate surface area is 185 Å². The molecule has 0 amide bonds. The zero-order chi connectivity index (χ0) is 23.6. The Hall–Kier alpha value is -4.27. The van der Waals surface area contributed by atoms with E-state index in [4.69, 9.17) is 5.26 Å². The van der Waals surface area contributed by atoms with E-state index >= 15 is 0 Å². The average molecular weight is 455 g/mol. The lowest BCUT2D eigenvalue weighted by atomic mass is 10.0. The number of methoxy groups -OCH3 is 1.